The molecule has 18 heavy (non-hydrogen) atoms. The van der Waals surface area contributed by atoms with Crippen molar-refractivity contribution in [1.29, 1.82) is 0 Å². The number of aliphatic hydroxyl groups excluding tert-OH is 1. The van der Waals surface area contributed by atoms with Crippen LogP contribution in [0.2, 0.25) is 10.3 Å². The summed E-state index contributed by atoms with van der Waals surface area (Å²) in [5.74, 6) is 0.498. The number of hydrogen-bond acceptors (Lipinski definition) is 4. The van der Waals surface area contributed by atoms with Crippen molar-refractivity contribution >= 4 is 34.7 Å². The van der Waals surface area contributed by atoms with Gasteiger partial charge in [0.15, 0.2) is 5.82 Å². The van der Waals surface area contributed by atoms with Gasteiger partial charge in [-0.25, -0.2) is 4.98 Å². The molecule has 0 spiro atoms. The maximum atomic E-state index is 9.32. The summed E-state index contributed by atoms with van der Waals surface area (Å²) in [7, 11) is 1.80. The second-order valence-corrected chi connectivity index (χ2v) is 4.40. The maximum absolute atomic E-state index is 9.32. The monoisotopic (exact) mass is 283 g/mol. The highest BCUT2D eigenvalue weighted by Crippen LogP contribution is 2.30. The molecule has 4 nitrogen and oxygen atoms in total. The molecule has 1 aromatic carbocycles. The Morgan fingerprint density at radius 3 is 2.72 bits per heavy atom. The van der Waals surface area contributed by atoms with E-state index in [0.717, 1.165) is 11.3 Å². The van der Waals surface area contributed by atoms with E-state index >= 15 is 0 Å². The number of nitrogens with zero attached hydrogens (tertiary/aromatic N) is 3. The summed E-state index contributed by atoms with van der Waals surface area (Å²) in [6, 6.07) is 7.44. The Bertz CT molecular complexity index is 563. The van der Waals surface area contributed by atoms with Gasteiger partial charge < -0.3 is 10.0 Å². The first kappa shape index (κ1) is 13.1. The smallest absolute Gasteiger partial charge is 0.224 e. The largest absolute Gasteiger partial charge is 0.392 e. The number of rotatable bonds is 3. The second-order valence-electron chi connectivity index (χ2n) is 3.66. The zero-order valence-electron chi connectivity index (χ0n) is 9.64. The average Bonchev–Trinajstić information content (AvgIpc) is 2.40. The van der Waals surface area contributed by atoms with Gasteiger partial charge in [0.1, 0.15) is 5.02 Å². The van der Waals surface area contributed by atoms with Gasteiger partial charge in [-0.3, -0.25) is 0 Å². The number of aliphatic hydroxyl groups is 1. The summed E-state index contributed by atoms with van der Waals surface area (Å²) in [4.78, 5) is 9.66. The third kappa shape index (κ3) is 2.56. The third-order valence-corrected chi connectivity index (χ3v) is 2.99. The molecule has 0 unspecified atom stereocenters. The maximum Gasteiger partial charge on any atom is 0.224 e. The molecule has 0 saturated carbocycles. The molecule has 6 heteroatoms. The lowest BCUT2D eigenvalue weighted by atomic mass is 10.1. The topological polar surface area (TPSA) is 49.2 Å². The van der Waals surface area contributed by atoms with Crippen molar-refractivity contribution in [2.45, 2.75) is 6.61 Å². The first-order valence-electron chi connectivity index (χ1n) is 5.24. The van der Waals surface area contributed by atoms with Gasteiger partial charge in [0, 0.05) is 18.3 Å². The molecule has 2 aromatic rings. The lowest BCUT2D eigenvalue weighted by molar-refractivity contribution is 0.282. The predicted octanol–water partition coefficient (Wildman–Crippen LogP) is 3.04. The van der Waals surface area contributed by atoms with E-state index in [0.29, 0.717) is 10.8 Å². The van der Waals surface area contributed by atoms with Crippen LogP contribution in [0.15, 0.2) is 30.5 Å². The van der Waals surface area contributed by atoms with E-state index in [4.69, 9.17) is 23.2 Å². The lowest BCUT2D eigenvalue weighted by Crippen LogP contribution is -2.14. The van der Waals surface area contributed by atoms with Crippen LogP contribution in [-0.4, -0.2) is 22.1 Å². The molecule has 94 valence electrons. The molecule has 2 rings (SSSR count). The fourth-order valence-electron chi connectivity index (χ4n) is 1.66. The molecule has 0 aliphatic rings. The van der Waals surface area contributed by atoms with Crippen LogP contribution in [0.1, 0.15) is 5.56 Å². The van der Waals surface area contributed by atoms with Gasteiger partial charge in [0.25, 0.3) is 0 Å². The summed E-state index contributed by atoms with van der Waals surface area (Å²) in [6.45, 7) is -0.0586. The van der Waals surface area contributed by atoms with Crippen molar-refractivity contribution in [3.05, 3.63) is 46.3 Å². The summed E-state index contributed by atoms with van der Waals surface area (Å²) < 4.78 is 0. The van der Waals surface area contributed by atoms with E-state index < -0.39 is 0 Å². The van der Waals surface area contributed by atoms with Crippen LogP contribution in [0.5, 0.6) is 0 Å². The molecule has 0 saturated heterocycles. The Labute approximate surface area is 115 Å². The number of halogens is 2. The van der Waals surface area contributed by atoms with Crippen LogP contribution in [0, 0.1) is 0 Å². The molecular formula is C12H11Cl2N3O. The van der Waals surface area contributed by atoms with Crippen molar-refractivity contribution < 1.29 is 5.11 Å². The standard InChI is InChI=1S/C12H11Cl2N3O/c1-17(10-5-3-2-4-8(10)7-18)11-9(13)6-15-12(14)16-11/h2-6,18H,7H2,1H3. The van der Waals surface area contributed by atoms with Crippen LogP contribution in [-0.2, 0) is 6.61 Å². The highest BCUT2D eigenvalue weighted by atomic mass is 35.5. The van der Waals surface area contributed by atoms with Crippen molar-refractivity contribution in [2.75, 3.05) is 11.9 Å². The van der Waals surface area contributed by atoms with E-state index in [9.17, 15) is 5.11 Å². The first-order valence-corrected chi connectivity index (χ1v) is 5.99. The van der Waals surface area contributed by atoms with Crippen molar-refractivity contribution in [3.63, 3.8) is 0 Å². The summed E-state index contributed by atoms with van der Waals surface area (Å²) in [5.41, 5.74) is 1.60. The minimum atomic E-state index is -0.0586. The van der Waals surface area contributed by atoms with Crippen molar-refractivity contribution in [1.82, 2.24) is 9.97 Å². The van der Waals surface area contributed by atoms with Crippen molar-refractivity contribution in [3.8, 4) is 0 Å². The number of para-hydroxylation sites is 1. The summed E-state index contributed by atoms with van der Waals surface area (Å²) in [6.07, 6.45) is 1.45. The molecule has 1 aromatic heterocycles. The number of hydrogen-bond donors (Lipinski definition) is 1. The quantitative estimate of drug-likeness (QED) is 0.880. The summed E-state index contributed by atoms with van der Waals surface area (Å²) in [5, 5.41) is 9.84. The lowest BCUT2D eigenvalue weighted by Gasteiger charge is -2.21. The van der Waals surface area contributed by atoms with E-state index in [1.54, 1.807) is 11.9 Å². The van der Waals surface area contributed by atoms with Gasteiger partial charge in [0.05, 0.1) is 12.8 Å². The number of benzene rings is 1. The zero-order chi connectivity index (χ0) is 13.1. The number of aromatic nitrogens is 2. The second kappa shape index (κ2) is 5.52. The SMILES string of the molecule is CN(c1ccccc1CO)c1nc(Cl)ncc1Cl. The van der Waals surface area contributed by atoms with Gasteiger partial charge in [0.2, 0.25) is 5.28 Å². The fourth-order valence-corrected chi connectivity index (χ4v) is 2.01. The molecule has 1 heterocycles. The number of anilines is 2. The van der Waals surface area contributed by atoms with E-state index in [1.165, 1.54) is 6.20 Å². The minimum absolute atomic E-state index is 0.0586. The van der Waals surface area contributed by atoms with E-state index in [-0.39, 0.29) is 11.9 Å². The Balaban J connectivity index is 2.47. The van der Waals surface area contributed by atoms with Crippen LogP contribution < -0.4 is 4.90 Å². The van der Waals surface area contributed by atoms with Crippen LogP contribution >= 0.6 is 23.2 Å². The predicted molar refractivity (Wildman–Crippen MR) is 72.5 cm³/mol. The van der Waals surface area contributed by atoms with Crippen LogP contribution in [0.3, 0.4) is 0 Å². The van der Waals surface area contributed by atoms with Gasteiger partial charge in [-0.1, -0.05) is 29.8 Å². The highest BCUT2D eigenvalue weighted by molar-refractivity contribution is 6.33. The Kier molecular flexibility index (Phi) is 4.01. The molecule has 0 aliphatic heterocycles. The van der Waals surface area contributed by atoms with Crippen LogP contribution in [0.25, 0.3) is 0 Å². The van der Waals surface area contributed by atoms with E-state index in [1.807, 2.05) is 24.3 Å². The van der Waals surface area contributed by atoms with Crippen molar-refractivity contribution in [2.24, 2.45) is 0 Å². The van der Waals surface area contributed by atoms with Gasteiger partial charge >= 0.3 is 0 Å². The molecule has 0 radical (unpaired) electrons. The fraction of sp³-hybridized carbons (Fsp3) is 0.167. The van der Waals surface area contributed by atoms with Crippen LogP contribution in [0.4, 0.5) is 11.5 Å². The minimum Gasteiger partial charge on any atom is -0.392 e. The summed E-state index contributed by atoms with van der Waals surface area (Å²) >= 11 is 11.8. The average molecular weight is 284 g/mol. The van der Waals surface area contributed by atoms with E-state index in [2.05, 4.69) is 9.97 Å². The normalized spacial score (nSPS) is 10.4. The Hall–Kier alpha value is -1.36. The molecular weight excluding hydrogens is 273 g/mol. The molecule has 0 fully saturated rings. The molecule has 0 bridgehead atoms. The zero-order valence-corrected chi connectivity index (χ0v) is 11.2. The first-order chi connectivity index (χ1) is 8.63. The third-order valence-electron chi connectivity index (χ3n) is 2.54. The Morgan fingerprint density at radius 1 is 1.28 bits per heavy atom. The molecule has 0 atom stereocenters. The molecule has 0 aliphatic carbocycles. The van der Waals surface area contributed by atoms with Gasteiger partial charge in [-0.15, -0.1) is 0 Å². The molecule has 0 amide bonds. The highest BCUT2D eigenvalue weighted by Gasteiger charge is 2.13. The van der Waals surface area contributed by atoms with Gasteiger partial charge in [-0.2, -0.15) is 4.98 Å². The van der Waals surface area contributed by atoms with Gasteiger partial charge in [-0.05, 0) is 17.7 Å². The Morgan fingerprint density at radius 2 is 2.00 bits per heavy atom. The molecule has 1 N–H and O–H groups in total.